The van der Waals surface area contributed by atoms with Crippen LogP contribution in [0.15, 0.2) is 29.2 Å². The van der Waals surface area contributed by atoms with E-state index in [9.17, 15) is 4.79 Å². The Hall–Kier alpha value is -1.68. The van der Waals surface area contributed by atoms with E-state index >= 15 is 0 Å². The molecule has 0 saturated carbocycles. The fourth-order valence-electron chi connectivity index (χ4n) is 1.70. The van der Waals surface area contributed by atoms with E-state index in [1.807, 2.05) is 32.0 Å². The Morgan fingerprint density at radius 1 is 1.47 bits per heavy atom. The minimum Gasteiger partial charge on any atom is -0.483 e. The highest BCUT2D eigenvalue weighted by Crippen LogP contribution is 2.11. The van der Waals surface area contributed by atoms with Crippen molar-refractivity contribution in [3.8, 4) is 0 Å². The smallest absolute Gasteiger partial charge is 0.201 e. The number of aromatic amines is 1. The van der Waals surface area contributed by atoms with Gasteiger partial charge in [-0.1, -0.05) is 6.07 Å². The maximum Gasteiger partial charge on any atom is 0.201 e. The first-order valence-corrected chi connectivity index (χ1v) is 5.83. The molecule has 1 aromatic carbocycles. The van der Waals surface area contributed by atoms with Crippen LogP contribution in [0.4, 0.5) is 0 Å². The Balaban J connectivity index is 2.62. The average Bonchev–Trinajstić information content (AvgIpc) is 2.29. The van der Waals surface area contributed by atoms with E-state index in [1.165, 1.54) is 0 Å². The molecule has 0 fully saturated rings. The maximum atomic E-state index is 12.2. The summed E-state index contributed by atoms with van der Waals surface area (Å²) in [5, 5.41) is 0.881. The summed E-state index contributed by atoms with van der Waals surface area (Å²) in [4.78, 5) is 15.2. The molecular weight excluding hydrogens is 234 g/mol. The van der Waals surface area contributed by atoms with Crippen LogP contribution in [0.3, 0.4) is 0 Å². The molecule has 0 aliphatic rings. The molecule has 0 radical (unpaired) electrons. The molecule has 1 heterocycles. The normalized spacial score (nSPS) is 10.5. The van der Waals surface area contributed by atoms with Gasteiger partial charge in [-0.05, 0) is 43.8 Å². The Morgan fingerprint density at radius 2 is 2.24 bits per heavy atom. The number of hydrogen-bond donors (Lipinski definition) is 1. The van der Waals surface area contributed by atoms with Crippen molar-refractivity contribution in [3.63, 3.8) is 0 Å². The van der Waals surface area contributed by atoms with Crippen molar-refractivity contribution in [2.75, 3.05) is 6.61 Å². The molecule has 0 unspecified atom stereocenters. The topological polar surface area (TPSA) is 42.1 Å². The molecule has 0 atom stereocenters. The number of thiocarbonyl (C=S) groups is 1. The first-order chi connectivity index (χ1) is 8.13. The molecule has 88 valence electrons. The van der Waals surface area contributed by atoms with Crippen LogP contribution in [-0.4, -0.2) is 16.6 Å². The molecule has 0 bridgehead atoms. The summed E-state index contributed by atoms with van der Waals surface area (Å²) in [6.45, 7) is 4.28. The van der Waals surface area contributed by atoms with Gasteiger partial charge in [0, 0.05) is 17.1 Å². The largest absolute Gasteiger partial charge is 0.483 e. The zero-order valence-corrected chi connectivity index (χ0v) is 10.6. The third-order valence-electron chi connectivity index (χ3n) is 2.53. The van der Waals surface area contributed by atoms with E-state index in [0.717, 1.165) is 11.1 Å². The van der Waals surface area contributed by atoms with Gasteiger partial charge in [0.2, 0.25) is 5.43 Å². The number of aromatic nitrogens is 1. The molecule has 0 saturated heterocycles. The van der Waals surface area contributed by atoms with Crippen molar-refractivity contribution in [2.24, 2.45) is 0 Å². The molecule has 0 aliphatic carbocycles. The highest BCUT2D eigenvalue weighted by Gasteiger charge is 2.10. The number of pyridine rings is 1. The van der Waals surface area contributed by atoms with Crippen molar-refractivity contribution in [1.82, 2.24) is 4.98 Å². The van der Waals surface area contributed by atoms with Gasteiger partial charge in [-0.2, -0.15) is 0 Å². The third kappa shape index (κ3) is 2.22. The summed E-state index contributed by atoms with van der Waals surface area (Å²) in [5.74, 6) is 0. The van der Waals surface area contributed by atoms with Gasteiger partial charge in [0.05, 0.1) is 12.2 Å². The zero-order chi connectivity index (χ0) is 12.4. The van der Waals surface area contributed by atoms with E-state index in [1.54, 1.807) is 6.20 Å². The van der Waals surface area contributed by atoms with Crippen LogP contribution in [0.1, 0.15) is 18.1 Å². The SMILES string of the molecule is CCOC(=S)c1c[nH]c2cc(C)ccc2c1=O. The van der Waals surface area contributed by atoms with Gasteiger partial charge in [0.25, 0.3) is 0 Å². The van der Waals surface area contributed by atoms with E-state index in [0.29, 0.717) is 17.6 Å². The number of nitrogens with one attached hydrogen (secondary N) is 1. The number of ether oxygens (including phenoxy) is 1. The Labute approximate surface area is 104 Å². The lowest BCUT2D eigenvalue weighted by Gasteiger charge is -2.06. The van der Waals surface area contributed by atoms with Gasteiger partial charge in [-0.3, -0.25) is 4.79 Å². The number of fused-ring (bicyclic) bond motifs is 1. The molecule has 4 heteroatoms. The molecule has 0 aliphatic heterocycles. The Morgan fingerprint density at radius 3 is 2.94 bits per heavy atom. The van der Waals surface area contributed by atoms with Crippen LogP contribution in [0.25, 0.3) is 10.9 Å². The molecule has 0 amide bonds. The van der Waals surface area contributed by atoms with Crippen LogP contribution in [0.5, 0.6) is 0 Å². The van der Waals surface area contributed by atoms with Crippen LogP contribution in [0.2, 0.25) is 0 Å². The van der Waals surface area contributed by atoms with Crippen molar-refractivity contribution in [2.45, 2.75) is 13.8 Å². The van der Waals surface area contributed by atoms with E-state index in [4.69, 9.17) is 17.0 Å². The lowest BCUT2D eigenvalue weighted by Crippen LogP contribution is -2.17. The van der Waals surface area contributed by atoms with E-state index < -0.39 is 0 Å². The molecule has 2 aromatic rings. The van der Waals surface area contributed by atoms with Crippen LogP contribution in [-0.2, 0) is 4.74 Å². The van der Waals surface area contributed by atoms with Gasteiger partial charge in [-0.15, -0.1) is 0 Å². The molecular formula is C13H13NO2S. The molecule has 1 aromatic heterocycles. The summed E-state index contributed by atoms with van der Waals surface area (Å²) in [7, 11) is 0. The van der Waals surface area contributed by atoms with Crippen LogP contribution >= 0.6 is 12.2 Å². The summed E-state index contributed by atoms with van der Waals surface area (Å²) < 4.78 is 5.19. The average molecular weight is 247 g/mol. The number of hydrogen-bond acceptors (Lipinski definition) is 3. The molecule has 1 N–H and O–H groups in total. The molecule has 2 rings (SSSR count). The second-order valence-corrected chi connectivity index (χ2v) is 4.17. The van der Waals surface area contributed by atoms with Crippen molar-refractivity contribution in [1.29, 1.82) is 0 Å². The Bertz CT molecular complexity index is 631. The van der Waals surface area contributed by atoms with Gasteiger partial charge in [0.1, 0.15) is 0 Å². The van der Waals surface area contributed by atoms with Crippen molar-refractivity contribution >= 4 is 28.2 Å². The Kier molecular flexibility index (Phi) is 3.24. The lowest BCUT2D eigenvalue weighted by atomic mass is 10.1. The highest BCUT2D eigenvalue weighted by atomic mass is 32.1. The fraction of sp³-hybridized carbons (Fsp3) is 0.231. The van der Waals surface area contributed by atoms with Gasteiger partial charge >= 0.3 is 0 Å². The highest BCUT2D eigenvalue weighted by molar-refractivity contribution is 7.80. The number of aryl methyl sites for hydroxylation is 1. The number of benzene rings is 1. The zero-order valence-electron chi connectivity index (χ0n) is 9.74. The summed E-state index contributed by atoms with van der Waals surface area (Å²) in [5.41, 5.74) is 2.25. The summed E-state index contributed by atoms with van der Waals surface area (Å²) in [6, 6.07) is 5.65. The molecule has 17 heavy (non-hydrogen) atoms. The summed E-state index contributed by atoms with van der Waals surface area (Å²) in [6.07, 6.45) is 1.61. The second kappa shape index (κ2) is 4.67. The predicted molar refractivity (Wildman–Crippen MR) is 72.6 cm³/mol. The number of rotatable bonds is 2. The predicted octanol–water partition coefficient (Wildman–Crippen LogP) is 2.55. The van der Waals surface area contributed by atoms with Gasteiger partial charge in [-0.25, -0.2) is 0 Å². The number of H-pyrrole nitrogens is 1. The standard InChI is InChI=1S/C13H13NO2S/c1-3-16-13(17)10-7-14-11-6-8(2)4-5-9(11)12(10)15/h4-7H,3H2,1-2H3,(H,14,15). The van der Waals surface area contributed by atoms with Crippen LogP contribution in [0, 0.1) is 6.92 Å². The molecule has 3 nitrogen and oxygen atoms in total. The van der Waals surface area contributed by atoms with E-state index in [-0.39, 0.29) is 10.5 Å². The minimum absolute atomic E-state index is 0.0859. The van der Waals surface area contributed by atoms with Crippen molar-refractivity contribution < 1.29 is 4.74 Å². The van der Waals surface area contributed by atoms with Crippen LogP contribution < -0.4 is 5.43 Å². The monoisotopic (exact) mass is 247 g/mol. The second-order valence-electron chi connectivity index (χ2n) is 3.80. The van der Waals surface area contributed by atoms with Crippen molar-refractivity contribution in [3.05, 3.63) is 45.7 Å². The quantitative estimate of drug-likeness (QED) is 0.829. The van der Waals surface area contributed by atoms with Gasteiger partial charge in [0.15, 0.2) is 5.05 Å². The fourth-order valence-corrected chi connectivity index (χ4v) is 1.97. The van der Waals surface area contributed by atoms with E-state index in [2.05, 4.69) is 4.98 Å². The minimum atomic E-state index is -0.0859. The first-order valence-electron chi connectivity index (χ1n) is 5.42. The lowest BCUT2D eigenvalue weighted by molar-refractivity contribution is 0.337. The third-order valence-corrected chi connectivity index (χ3v) is 2.87. The summed E-state index contributed by atoms with van der Waals surface area (Å²) >= 11 is 5.05. The maximum absolute atomic E-state index is 12.2. The van der Waals surface area contributed by atoms with Gasteiger partial charge < -0.3 is 9.72 Å². The molecule has 0 spiro atoms. The first kappa shape index (κ1) is 11.8.